The standard InChI is InChI=1S/C16H17N3/c17-9-8-15-7-3-11-19(15)12-14-5-1-4-13-6-2-10-18-16(13)14/h1-7,10-11H,8-9,12,17H2. The average Bonchev–Trinajstić information content (AvgIpc) is 2.87. The summed E-state index contributed by atoms with van der Waals surface area (Å²) in [4.78, 5) is 4.50. The largest absolute Gasteiger partial charge is 0.347 e. The Morgan fingerprint density at radius 1 is 1.05 bits per heavy atom. The molecule has 0 aliphatic heterocycles. The molecule has 3 heteroatoms. The van der Waals surface area contributed by atoms with Crippen molar-refractivity contribution in [2.24, 2.45) is 5.73 Å². The number of nitrogens with two attached hydrogens (primary N) is 1. The van der Waals surface area contributed by atoms with Gasteiger partial charge in [0.2, 0.25) is 0 Å². The van der Waals surface area contributed by atoms with Gasteiger partial charge < -0.3 is 10.3 Å². The van der Waals surface area contributed by atoms with Crippen LogP contribution in [0.15, 0.2) is 54.9 Å². The molecule has 0 radical (unpaired) electrons. The first kappa shape index (κ1) is 11.9. The Bertz CT molecular complexity index is 680. The molecule has 0 spiro atoms. The highest BCUT2D eigenvalue weighted by atomic mass is 15.0. The van der Waals surface area contributed by atoms with Crippen LogP contribution in [0.5, 0.6) is 0 Å². The Balaban J connectivity index is 1.99. The van der Waals surface area contributed by atoms with E-state index in [1.54, 1.807) is 0 Å². The highest BCUT2D eigenvalue weighted by molar-refractivity contribution is 5.81. The number of hydrogen-bond donors (Lipinski definition) is 1. The molecule has 19 heavy (non-hydrogen) atoms. The Labute approximate surface area is 112 Å². The third-order valence-corrected chi connectivity index (χ3v) is 3.38. The van der Waals surface area contributed by atoms with Gasteiger partial charge in [0.15, 0.2) is 0 Å². The Kier molecular flexibility index (Phi) is 3.29. The van der Waals surface area contributed by atoms with E-state index in [0.29, 0.717) is 6.54 Å². The van der Waals surface area contributed by atoms with Crippen molar-refractivity contribution in [1.29, 1.82) is 0 Å². The van der Waals surface area contributed by atoms with Gasteiger partial charge in [-0.25, -0.2) is 0 Å². The van der Waals surface area contributed by atoms with E-state index in [1.807, 2.05) is 12.3 Å². The summed E-state index contributed by atoms with van der Waals surface area (Å²) in [6, 6.07) is 14.6. The lowest BCUT2D eigenvalue weighted by Crippen LogP contribution is -2.09. The van der Waals surface area contributed by atoms with Crippen LogP contribution in [0.3, 0.4) is 0 Å². The molecule has 3 nitrogen and oxygen atoms in total. The van der Waals surface area contributed by atoms with Crippen molar-refractivity contribution in [1.82, 2.24) is 9.55 Å². The molecule has 2 N–H and O–H groups in total. The Morgan fingerprint density at radius 2 is 1.95 bits per heavy atom. The molecule has 96 valence electrons. The Morgan fingerprint density at radius 3 is 2.84 bits per heavy atom. The molecule has 0 atom stereocenters. The first-order chi connectivity index (χ1) is 9.38. The maximum atomic E-state index is 5.65. The van der Waals surface area contributed by atoms with Crippen molar-refractivity contribution >= 4 is 10.9 Å². The van der Waals surface area contributed by atoms with Crippen LogP contribution < -0.4 is 5.73 Å². The topological polar surface area (TPSA) is 43.8 Å². The minimum atomic E-state index is 0.678. The van der Waals surface area contributed by atoms with E-state index in [2.05, 4.69) is 52.1 Å². The van der Waals surface area contributed by atoms with Gasteiger partial charge in [-0.2, -0.15) is 0 Å². The van der Waals surface area contributed by atoms with Crippen molar-refractivity contribution in [3.8, 4) is 0 Å². The molecule has 0 bridgehead atoms. The second kappa shape index (κ2) is 5.24. The fourth-order valence-electron chi connectivity index (χ4n) is 2.46. The number of nitrogens with zero attached hydrogens (tertiary/aromatic N) is 2. The van der Waals surface area contributed by atoms with Crippen LogP contribution in [0.25, 0.3) is 10.9 Å². The number of para-hydroxylation sites is 1. The summed E-state index contributed by atoms with van der Waals surface area (Å²) < 4.78 is 2.25. The second-order valence-electron chi connectivity index (χ2n) is 4.66. The van der Waals surface area contributed by atoms with Gasteiger partial charge in [0.25, 0.3) is 0 Å². The predicted octanol–water partition coefficient (Wildman–Crippen LogP) is 2.59. The van der Waals surface area contributed by atoms with Crippen LogP contribution in [0, 0.1) is 0 Å². The molecule has 3 rings (SSSR count). The normalized spacial score (nSPS) is 11.0. The smallest absolute Gasteiger partial charge is 0.0751 e. The molecule has 0 amide bonds. The van der Waals surface area contributed by atoms with E-state index in [-0.39, 0.29) is 0 Å². The van der Waals surface area contributed by atoms with Gasteiger partial charge in [-0.3, -0.25) is 4.98 Å². The van der Waals surface area contributed by atoms with E-state index in [4.69, 9.17) is 5.73 Å². The SMILES string of the molecule is NCCc1cccn1Cc1cccc2cccnc12. The minimum absolute atomic E-state index is 0.678. The van der Waals surface area contributed by atoms with Crippen LogP contribution >= 0.6 is 0 Å². The third-order valence-electron chi connectivity index (χ3n) is 3.38. The molecular formula is C16H17N3. The van der Waals surface area contributed by atoms with Crippen molar-refractivity contribution in [2.75, 3.05) is 6.54 Å². The van der Waals surface area contributed by atoms with Crippen molar-refractivity contribution in [2.45, 2.75) is 13.0 Å². The van der Waals surface area contributed by atoms with Crippen LogP contribution in [-0.4, -0.2) is 16.1 Å². The number of fused-ring (bicyclic) bond motifs is 1. The van der Waals surface area contributed by atoms with Crippen LogP contribution in [0.2, 0.25) is 0 Å². The summed E-state index contributed by atoms with van der Waals surface area (Å²) in [5, 5.41) is 1.19. The van der Waals surface area contributed by atoms with E-state index in [0.717, 1.165) is 18.5 Å². The molecule has 1 aromatic carbocycles. The van der Waals surface area contributed by atoms with Crippen molar-refractivity contribution in [3.63, 3.8) is 0 Å². The Hall–Kier alpha value is -2.13. The number of pyridine rings is 1. The zero-order valence-electron chi connectivity index (χ0n) is 10.8. The monoisotopic (exact) mass is 251 g/mol. The van der Waals surface area contributed by atoms with Gasteiger partial charge in [0.05, 0.1) is 5.52 Å². The van der Waals surface area contributed by atoms with Crippen molar-refractivity contribution < 1.29 is 0 Å². The summed E-state index contributed by atoms with van der Waals surface area (Å²) in [5.41, 5.74) is 9.24. The number of rotatable bonds is 4. The maximum Gasteiger partial charge on any atom is 0.0751 e. The zero-order chi connectivity index (χ0) is 13.1. The lowest BCUT2D eigenvalue weighted by atomic mass is 10.1. The summed E-state index contributed by atoms with van der Waals surface area (Å²) in [6.45, 7) is 1.52. The van der Waals surface area contributed by atoms with Gasteiger partial charge in [-0.05, 0) is 36.7 Å². The van der Waals surface area contributed by atoms with E-state index in [9.17, 15) is 0 Å². The molecule has 0 saturated heterocycles. The quantitative estimate of drug-likeness (QED) is 0.774. The maximum absolute atomic E-state index is 5.65. The highest BCUT2D eigenvalue weighted by Crippen LogP contribution is 2.18. The van der Waals surface area contributed by atoms with Crippen LogP contribution in [0.4, 0.5) is 0 Å². The fourth-order valence-corrected chi connectivity index (χ4v) is 2.46. The molecule has 3 aromatic rings. The zero-order valence-corrected chi connectivity index (χ0v) is 10.8. The first-order valence-electron chi connectivity index (χ1n) is 6.55. The average molecular weight is 251 g/mol. The lowest BCUT2D eigenvalue weighted by molar-refractivity contribution is 0.739. The summed E-state index contributed by atoms with van der Waals surface area (Å²) in [7, 11) is 0. The van der Waals surface area contributed by atoms with Crippen LogP contribution in [0.1, 0.15) is 11.3 Å². The van der Waals surface area contributed by atoms with Gasteiger partial charge in [0, 0.05) is 30.0 Å². The molecule has 0 fully saturated rings. The molecular weight excluding hydrogens is 234 g/mol. The summed E-state index contributed by atoms with van der Waals surface area (Å²) in [6.07, 6.45) is 4.86. The minimum Gasteiger partial charge on any atom is -0.347 e. The van der Waals surface area contributed by atoms with E-state index in [1.165, 1.54) is 16.6 Å². The molecule has 0 saturated carbocycles. The molecule has 2 heterocycles. The van der Waals surface area contributed by atoms with Gasteiger partial charge in [-0.1, -0.05) is 24.3 Å². The third kappa shape index (κ3) is 2.37. The summed E-state index contributed by atoms with van der Waals surface area (Å²) >= 11 is 0. The van der Waals surface area contributed by atoms with E-state index >= 15 is 0 Å². The van der Waals surface area contributed by atoms with Crippen molar-refractivity contribution in [3.05, 3.63) is 66.1 Å². The molecule has 0 unspecified atom stereocenters. The number of aromatic nitrogens is 2. The fraction of sp³-hybridized carbons (Fsp3) is 0.188. The highest BCUT2D eigenvalue weighted by Gasteiger charge is 2.05. The molecule has 2 aromatic heterocycles. The first-order valence-corrected chi connectivity index (χ1v) is 6.55. The number of benzene rings is 1. The van der Waals surface area contributed by atoms with E-state index < -0.39 is 0 Å². The molecule has 0 aliphatic rings. The van der Waals surface area contributed by atoms with Gasteiger partial charge in [-0.15, -0.1) is 0 Å². The van der Waals surface area contributed by atoms with Gasteiger partial charge in [0.1, 0.15) is 0 Å². The predicted molar refractivity (Wildman–Crippen MR) is 78.0 cm³/mol. The lowest BCUT2D eigenvalue weighted by Gasteiger charge is -2.10. The van der Waals surface area contributed by atoms with Crippen LogP contribution in [-0.2, 0) is 13.0 Å². The summed E-state index contributed by atoms with van der Waals surface area (Å²) in [5.74, 6) is 0. The number of hydrogen-bond acceptors (Lipinski definition) is 2. The second-order valence-corrected chi connectivity index (χ2v) is 4.66. The van der Waals surface area contributed by atoms with Gasteiger partial charge >= 0.3 is 0 Å². The molecule has 0 aliphatic carbocycles.